The van der Waals surface area contributed by atoms with E-state index in [9.17, 15) is 4.79 Å². The second-order valence-electron chi connectivity index (χ2n) is 5.22. The molecule has 0 radical (unpaired) electrons. The molecule has 0 saturated carbocycles. The summed E-state index contributed by atoms with van der Waals surface area (Å²) in [5, 5.41) is 6.22. The van der Waals surface area contributed by atoms with Crippen LogP contribution in [0.15, 0.2) is 18.2 Å². The van der Waals surface area contributed by atoms with Crippen molar-refractivity contribution in [3.05, 3.63) is 23.8 Å². The molecule has 0 bridgehead atoms. The molecule has 1 aromatic carbocycles. The summed E-state index contributed by atoms with van der Waals surface area (Å²) in [6.45, 7) is 3.97. The van der Waals surface area contributed by atoms with Crippen LogP contribution >= 0.6 is 0 Å². The van der Waals surface area contributed by atoms with Gasteiger partial charge in [-0.3, -0.25) is 4.79 Å². The molecule has 0 aliphatic carbocycles. The van der Waals surface area contributed by atoms with Gasteiger partial charge in [-0.1, -0.05) is 12.1 Å². The van der Waals surface area contributed by atoms with Crippen molar-refractivity contribution in [2.45, 2.75) is 32.3 Å². The number of hydrogen-bond donors (Lipinski definition) is 2. The van der Waals surface area contributed by atoms with Gasteiger partial charge in [0, 0.05) is 26.8 Å². The Labute approximate surface area is 126 Å². The number of ether oxygens (including phenoxy) is 2. The van der Waals surface area contributed by atoms with Gasteiger partial charge in [0.05, 0.1) is 5.69 Å². The molecule has 1 heterocycles. The van der Waals surface area contributed by atoms with Gasteiger partial charge in [0.25, 0.3) is 5.91 Å². The van der Waals surface area contributed by atoms with Crippen molar-refractivity contribution in [1.82, 2.24) is 5.32 Å². The Morgan fingerprint density at radius 3 is 3.14 bits per heavy atom. The largest absolute Gasteiger partial charge is 0.479 e. The summed E-state index contributed by atoms with van der Waals surface area (Å²) in [6, 6.07) is 5.99. The van der Waals surface area contributed by atoms with Gasteiger partial charge in [-0.25, -0.2) is 0 Å². The molecule has 1 aliphatic rings. The second kappa shape index (κ2) is 7.88. The summed E-state index contributed by atoms with van der Waals surface area (Å²) < 4.78 is 10.8. The van der Waals surface area contributed by atoms with Crippen molar-refractivity contribution in [2.24, 2.45) is 0 Å². The van der Waals surface area contributed by atoms with Crippen molar-refractivity contribution < 1.29 is 14.3 Å². The Kier molecular flexibility index (Phi) is 5.87. The Balaban J connectivity index is 1.90. The van der Waals surface area contributed by atoms with Gasteiger partial charge in [0.1, 0.15) is 5.75 Å². The maximum absolute atomic E-state index is 12.0. The number of hydrogen-bond acceptors (Lipinski definition) is 4. The topological polar surface area (TPSA) is 59.6 Å². The van der Waals surface area contributed by atoms with Crippen LogP contribution in [-0.4, -0.2) is 38.8 Å². The summed E-state index contributed by atoms with van der Waals surface area (Å²) in [4.78, 5) is 12.0. The van der Waals surface area contributed by atoms with Crippen molar-refractivity contribution in [1.29, 1.82) is 0 Å². The molecule has 1 aliphatic heterocycles. The predicted octanol–water partition coefficient (Wildman–Crippen LogP) is 1.96. The lowest BCUT2D eigenvalue weighted by Gasteiger charge is -2.23. The van der Waals surface area contributed by atoms with Gasteiger partial charge in [-0.2, -0.15) is 0 Å². The average molecular weight is 292 g/mol. The van der Waals surface area contributed by atoms with Crippen molar-refractivity contribution in [2.75, 3.05) is 32.1 Å². The zero-order valence-electron chi connectivity index (χ0n) is 12.8. The van der Waals surface area contributed by atoms with E-state index in [2.05, 4.69) is 16.7 Å². The molecule has 1 amide bonds. The number of amides is 1. The van der Waals surface area contributed by atoms with Crippen LogP contribution in [0.2, 0.25) is 0 Å². The third kappa shape index (κ3) is 4.36. The van der Waals surface area contributed by atoms with Gasteiger partial charge in [-0.15, -0.1) is 0 Å². The quantitative estimate of drug-likeness (QED) is 0.754. The molecule has 2 rings (SSSR count). The Morgan fingerprint density at radius 1 is 1.48 bits per heavy atom. The minimum absolute atomic E-state index is 0.0977. The van der Waals surface area contributed by atoms with Crippen LogP contribution in [0.5, 0.6) is 5.75 Å². The van der Waals surface area contributed by atoms with Crippen LogP contribution in [0.4, 0.5) is 5.69 Å². The van der Waals surface area contributed by atoms with Crippen LogP contribution in [0, 0.1) is 0 Å². The number of rotatable bonds is 7. The van der Waals surface area contributed by atoms with E-state index in [-0.39, 0.29) is 5.91 Å². The number of carbonyl (C=O) groups excluding carboxylic acids is 1. The van der Waals surface area contributed by atoms with Crippen LogP contribution in [0.1, 0.15) is 25.3 Å². The lowest BCUT2D eigenvalue weighted by atomic mass is 10.0. The Bertz CT molecular complexity index is 477. The van der Waals surface area contributed by atoms with Gasteiger partial charge in [0.15, 0.2) is 6.10 Å². The molecule has 5 nitrogen and oxygen atoms in total. The molecule has 0 aromatic heterocycles. The van der Waals surface area contributed by atoms with Crippen LogP contribution in [0.25, 0.3) is 0 Å². The second-order valence-corrected chi connectivity index (χ2v) is 5.22. The fourth-order valence-electron chi connectivity index (χ4n) is 2.39. The highest BCUT2D eigenvalue weighted by atomic mass is 16.5. The predicted molar refractivity (Wildman–Crippen MR) is 82.8 cm³/mol. The van der Waals surface area contributed by atoms with E-state index in [1.807, 2.05) is 12.1 Å². The third-order valence-corrected chi connectivity index (χ3v) is 3.53. The number of fused-ring (bicyclic) bond motifs is 1. The minimum Gasteiger partial charge on any atom is -0.479 e. The van der Waals surface area contributed by atoms with Crippen LogP contribution in [-0.2, 0) is 16.0 Å². The molecule has 2 N–H and O–H groups in total. The molecular weight excluding hydrogens is 268 g/mol. The van der Waals surface area contributed by atoms with E-state index in [0.29, 0.717) is 13.2 Å². The summed E-state index contributed by atoms with van der Waals surface area (Å²) in [6.07, 6.45) is 2.48. The van der Waals surface area contributed by atoms with E-state index < -0.39 is 6.10 Å². The molecule has 0 saturated heterocycles. The van der Waals surface area contributed by atoms with E-state index in [1.54, 1.807) is 14.0 Å². The van der Waals surface area contributed by atoms with Gasteiger partial charge < -0.3 is 20.1 Å². The molecule has 0 fully saturated rings. The Hall–Kier alpha value is -1.75. The third-order valence-electron chi connectivity index (χ3n) is 3.53. The van der Waals surface area contributed by atoms with Gasteiger partial charge >= 0.3 is 0 Å². The normalized spacial score (nSPS) is 14.8. The first kappa shape index (κ1) is 15.6. The SMILES string of the molecule is COCCCNC(=O)C(C)Oc1cccc2c1NCCC2. The Morgan fingerprint density at radius 2 is 2.33 bits per heavy atom. The highest BCUT2D eigenvalue weighted by Crippen LogP contribution is 2.32. The standard InChI is InChI=1S/C16H24N2O3/c1-12(16(19)18-10-5-11-20-2)21-14-8-3-6-13-7-4-9-17-15(13)14/h3,6,8,12,17H,4-5,7,9-11H2,1-2H3,(H,18,19). The average Bonchev–Trinajstić information content (AvgIpc) is 2.51. The van der Waals surface area contributed by atoms with Gasteiger partial charge in [0.2, 0.25) is 0 Å². The fourth-order valence-corrected chi connectivity index (χ4v) is 2.39. The molecule has 1 unspecified atom stereocenters. The van der Waals surface area contributed by atoms with Crippen molar-refractivity contribution in [3.63, 3.8) is 0 Å². The van der Waals surface area contributed by atoms with Crippen molar-refractivity contribution >= 4 is 11.6 Å². The summed E-state index contributed by atoms with van der Waals surface area (Å²) in [5.74, 6) is 0.659. The van der Waals surface area contributed by atoms with Crippen LogP contribution < -0.4 is 15.4 Å². The monoisotopic (exact) mass is 292 g/mol. The number of para-hydroxylation sites is 1. The smallest absolute Gasteiger partial charge is 0.260 e. The number of aryl methyl sites for hydroxylation is 1. The van der Waals surface area contributed by atoms with E-state index in [0.717, 1.165) is 37.2 Å². The molecule has 1 aromatic rings. The van der Waals surface area contributed by atoms with Crippen LogP contribution in [0.3, 0.4) is 0 Å². The summed E-state index contributed by atoms with van der Waals surface area (Å²) in [7, 11) is 1.65. The molecule has 0 spiro atoms. The number of methoxy groups -OCH3 is 1. The number of carbonyl (C=O) groups is 1. The molecule has 5 heteroatoms. The first-order valence-corrected chi connectivity index (χ1v) is 7.51. The van der Waals surface area contributed by atoms with Crippen molar-refractivity contribution in [3.8, 4) is 5.75 Å². The highest BCUT2D eigenvalue weighted by Gasteiger charge is 2.18. The summed E-state index contributed by atoms with van der Waals surface area (Å²) >= 11 is 0. The maximum Gasteiger partial charge on any atom is 0.260 e. The molecule has 116 valence electrons. The number of nitrogens with one attached hydrogen (secondary N) is 2. The highest BCUT2D eigenvalue weighted by molar-refractivity contribution is 5.81. The lowest BCUT2D eigenvalue weighted by Crippen LogP contribution is -2.37. The first-order chi connectivity index (χ1) is 10.2. The van der Waals surface area contributed by atoms with E-state index in [1.165, 1.54) is 5.56 Å². The summed E-state index contributed by atoms with van der Waals surface area (Å²) in [5.41, 5.74) is 2.29. The molecule has 21 heavy (non-hydrogen) atoms. The minimum atomic E-state index is -0.511. The maximum atomic E-state index is 12.0. The molecular formula is C16H24N2O3. The first-order valence-electron chi connectivity index (χ1n) is 7.51. The number of benzene rings is 1. The van der Waals surface area contributed by atoms with E-state index in [4.69, 9.17) is 9.47 Å². The molecule has 1 atom stereocenters. The number of anilines is 1. The zero-order chi connectivity index (χ0) is 15.1. The zero-order valence-corrected chi connectivity index (χ0v) is 12.8. The lowest BCUT2D eigenvalue weighted by molar-refractivity contribution is -0.127. The fraction of sp³-hybridized carbons (Fsp3) is 0.562. The van der Waals surface area contributed by atoms with Gasteiger partial charge in [-0.05, 0) is 37.8 Å². The van der Waals surface area contributed by atoms with E-state index >= 15 is 0 Å².